The molecule has 296 valence electrons. The number of hydrogen-bond acceptors (Lipinski definition) is 10. The van der Waals surface area contributed by atoms with Crippen molar-refractivity contribution < 1.29 is 34.5 Å². The van der Waals surface area contributed by atoms with Crippen molar-refractivity contribution in [3.63, 3.8) is 0 Å². The molecule has 17 nitrogen and oxygen atoms in total. The molecule has 0 saturated carbocycles. The van der Waals surface area contributed by atoms with Gasteiger partial charge in [0.1, 0.15) is 0 Å². The van der Waals surface area contributed by atoms with Crippen molar-refractivity contribution in [2.75, 3.05) is 0 Å². The molecule has 0 fully saturated rings. The van der Waals surface area contributed by atoms with Gasteiger partial charge in [0.2, 0.25) is 39.9 Å². The molecular weight excluding hydrogens is 702 g/mol. The van der Waals surface area contributed by atoms with Gasteiger partial charge in [-0.05, 0) is 40.0 Å². The van der Waals surface area contributed by atoms with Crippen LogP contribution in [0.2, 0.25) is 0 Å². The summed E-state index contributed by atoms with van der Waals surface area (Å²) in [5.41, 5.74) is -0.947. The number of H-pyrrole nitrogens is 1. The number of carbonyl (C=O) groups is 4. The zero-order valence-electron chi connectivity index (χ0n) is 32.2. The summed E-state index contributed by atoms with van der Waals surface area (Å²) < 4.78 is 3.13. The number of hydrogen-bond donors (Lipinski definition) is 8. The third-order valence-corrected chi connectivity index (χ3v) is 9.08. The van der Waals surface area contributed by atoms with Gasteiger partial charge in [0.05, 0.1) is 36.7 Å². The van der Waals surface area contributed by atoms with Gasteiger partial charge in [-0.2, -0.15) is 0 Å². The first-order valence-corrected chi connectivity index (χ1v) is 17.6. The highest BCUT2D eigenvalue weighted by Crippen LogP contribution is 2.27. The summed E-state index contributed by atoms with van der Waals surface area (Å²) >= 11 is 0. The van der Waals surface area contributed by atoms with Crippen LogP contribution in [0, 0.1) is 20.8 Å². The van der Waals surface area contributed by atoms with Crippen molar-refractivity contribution in [2.45, 2.75) is 105 Å². The van der Waals surface area contributed by atoms with E-state index in [9.17, 15) is 48.9 Å². The Morgan fingerprint density at radius 3 is 1.41 bits per heavy atom. The second-order valence-electron chi connectivity index (χ2n) is 12.9. The number of aromatic hydroxyl groups is 3. The van der Waals surface area contributed by atoms with Gasteiger partial charge < -0.3 is 50.7 Å². The molecule has 0 aromatic carbocycles. The highest BCUT2D eigenvalue weighted by molar-refractivity contribution is 5.79. The van der Waals surface area contributed by atoms with E-state index >= 15 is 0 Å². The topological polar surface area (TPSA) is 254 Å². The monoisotopic (exact) mass is 755 g/mol. The molecule has 0 atom stereocenters. The number of carbonyl (C=O) groups excluding carboxylic acids is 4. The first-order chi connectivity index (χ1) is 25.3. The summed E-state index contributed by atoms with van der Waals surface area (Å²) in [6.45, 7) is 9.70. The van der Waals surface area contributed by atoms with Crippen LogP contribution in [0.3, 0.4) is 0 Å². The van der Waals surface area contributed by atoms with Gasteiger partial charge >= 0.3 is 0 Å². The average Bonchev–Trinajstić information content (AvgIpc) is 3.12. The van der Waals surface area contributed by atoms with E-state index in [0.717, 1.165) is 0 Å². The fraction of sp³-hybridized carbons (Fsp3) is 0.486. The lowest BCUT2D eigenvalue weighted by Crippen LogP contribution is -2.49. The van der Waals surface area contributed by atoms with Gasteiger partial charge in [0.25, 0.3) is 0 Å². The van der Waals surface area contributed by atoms with Crippen LogP contribution in [-0.4, -0.2) is 58.6 Å². The largest absolute Gasteiger partial charge is 0.503 e. The maximum absolute atomic E-state index is 13.1. The lowest BCUT2D eigenvalue weighted by atomic mass is 9.83. The molecule has 3 aromatic heterocycles. The summed E-state index contributed by atoms with van der Waals surface area (Å²) in [6.07, 6.45) is -0.592. The van der Waals surface area contributed by atoms with E-state index in [2.05, 4.69) is 26.3 Å². The van der Waals surface area contributed by atoms with Crippen LogP contribution in [0.4, 0.5) is 0 Å². The molecule has 0 spiro atoms. The maximum Gasteiger partial charge on any atom is 0.223 e. The first-order valence-electron chi connectivity index (χ1n) is 17.6. The van der Waals surface area contributed by atoms with Gasteiger partial charge in [0.15, 0.2) is 17.2 Å². The Kier molecular flexibility index (Phi) is 16.3. The normalized spacial score (nSPS) is 10.9. The molecule has 4 amide bonds. The van der Waals surface area contributed by atoms with Crippen LogP contribution in [0.1, 0.15) is 93.5 Å². The molecule has 0 aliphatic heterocycles. The number of pyridine rings is 3. The Balaban J connectivity index is 0.00000495. The third kappa shape index (κ3) is 12.1. The molecule has 3 rings (SSSR count). The number of aromatic nitrogens is 3. The number of amides is 4. The summed E-state index contributed by atoms with van der Waals surface area (Å²) in [4.78, 5) is 90.7. The number of nitrogens with one attached hydrogen (secondary N) is 5. The van der Waals surface area contributed by atoms with E-state index in [1.165, 1.54) is 25.1 Å². The Hall–Kier alpha value is -5.87. The van der Waals surface area contributed by atoms with Crippen molar-refractivity contribution >= 4 is 23.6 Å². The molecular formula is C37H53N7O10. The van der Waals surface area contributed by atoms with E-state index < -0.39 is 62.7 Å². The minimum atomic E-state index is -1.26. The number of aromatic amines is 1. The number of nitrogens with zero attached hydrogens (tertiary/aromatic N) is 2. The van der Waals surface area contributed by atoms with E-state index in [1.807, 2.05) is 13.8 Å². The minimum absolute atomic E-state index is 0.0170. The molecule has 0 aliphatic rings. The zero-order chi connectivity index (χ0) is 40.9. The number of aryl methyl sites for hydroxylation is 3. The lowest BCUT2D eigenvalue weighted by molar-refractivity contribution is -0.126. The lowest BCUT2D eigenvalue weighted by Gasteiger charge is -2.35. The van der Waals surface area contributed by atoms with E-state index in [4.69, 9.17) is 0 Å². The van der Waals surface area contributed by atoms with E-state index in [-0.39, 0.29) is 75.2 Å². The molecule has 0 unspecified atom stereocenters. The second-order valence-corrected chi connectivity index (χ2v) is 12.9. The van der Waals surface area contributed by atoms with Crippen LogP contribution in [-0.2, 0) is 52.9 Å². The van der Waals surface area contributed by atoms with Crippen LogP contribution in [0.25, 0.3) is 0 Å². The van der Waals surface area contributed by atoms with Crippen molar-refractivity contribution in [3.8, 4) is 17.2 Å². The van der Waals surface area contributed by atoms with E-state index in [0.29, 0.717) is 17.1 Å². The third-order valence-electron chi connectivity index (χ3n) is 9.08. The van der Waals surface area contributed by atoms with Crippen molar-refractivity contribution in [2.24, 2.45) is 14.1 Å². The molecule has 0 aliphatic carbocycles. The summed E-state index contributed by atoms with van der Waals surface area (Å²) in [6, 6.07) is 3.74. The highest BCUT2D eigenvalue weighted by Gasteiger charge is 2.33. The smallest absolute Gasteiger partial charge is 0.223 e. The summed E-state index contributed by atoms with van der Waals surface area (Å²) in [7, 11) is 3.26. The fourth-order valence-electron chi connectivity index (χ4n) is 5.83. The predicted molar refractivity (Wildman–Crippen MR) is 201 cm³/mol. The molecule has 17 heteroatoms. The van der Waals surface area contributed by atoms with Crippen molar-refractivity contribution in [1.29, 1.82) is 0 Å². The zero-order valence-corrected chi connectivity index (χ0v) is 32.2. The molecule has 54 heavy (non-hydrogen) atoms. The summed E-state index contributed by atoms with van der Waals surface area (Å²) in [5.74, 6) is -3.51. The maximum atomic E-state index is 13.1. The Morgan fingerprint density at radius 1 is 0.648 bits per heavy atom. The van der Waals surface area contributed by atoms with Crippen LogP contribution < -0.4 is 37.6 Å². The minimum Gasteiger partial charge on any atom is -0.503 e. The number of rotatable bonds is 16. The Morgan fingerprint density at radius 2 is 1.02 bits per heavy atom. The van der Waals surface area contributed by atoms with Crippen molar-refractivity contribution in [1.82, 2.24) is 35.4 Å². The Labute approximate surface area is 312 Å². The Bertz CT molecular complexity index is 1940. The average molecular weight is 756 g/mol. The van der Waals surface area contributed by atoms with Gasteiger partial charge in [-0.15, -0.1) is 0 Å². The molecule has 3 aromatic rings. The molecule has 0 saturated heterocycles. The molecule has 0 radical (unpaired) electrons. The molecule has 0 bridgehead atoms. The molecule has 8 N–H and O–H groups in total. The second kappa shape index (κ2) is 19.8. The van der Waals surface area contributed by atoms with Gasteiger partial charge in [-0.3, -0.25) is 33.6 Å². The van der Waals surface area contributed by atoms with Crippen LogP contribution in [0.15, 0.2) is 32.6 Å². The van der Waals surface area contributed by atoms with Crippen molar-refractivity contribution in [3.05, 3.63) is 83.0 Å². The SMILES string of the molecule is CC.CC(=O)NC(CCC(=O)NCc1[nH]c(C)cc(=O)c1O)(CCC(=O)NCc1c(O)c(=O)cc(C)n1C)CCC(=O)NCc1c(O)c(=O)cc(C)n1C. The first kappa shape index (κ1) is 44.3. The standard InChI is InChI=1S/C35H47N7O10.C2H6/c1-19-13-26(44)32(50)23(39-19)16-36-29(47)7-10-35(40-22(4)43,11-8-30(48)37-17-24-33(51)27(45)14-20(2)41(24)5)12-9-31(49)38-18-25-34(52)28(46)15-21(3)42(25)6;1-2/h13-15,50-52H,7-12,16-18H2,1-6H3,(H,36,47)(H,37,48)(H,38,49)(H,39,44)(H,40,43);1-2H3. The molecule has 3 heterocycles. The quantitative estimate of drug-likeness (QED) is 0.104. The van der Waals surface area contributed by atoms with Crippen LogP contribution in [0.5, 0.6) is 17.2 Å². The van der Waals surface area contributed by atoms with Crippen LogP contribution >= 0.6 is 0 Å². The van der Waals surface area contributed by atoms with E-state index in [1.54, 1.807) is 44.0 Å². The fourth-order valence-corrected chi connectivity index (χ4v) is 5.83. The highest BCUT2D eigenvalue weighted by atomic mass is 16.3. The summed E-state index contributed by atoms with van der Waals surface area (Å²) in [5, 5.41) is 41.5. The van der Waals surface area contributed by atoms with Gasteiger partial charge in [-0.1, -0.05) is 13.8 Å². The van der Waals surface area contributed by atoms with Gasteiger partial charge in [0, 0.05) is 81.1 Å². The van der Waals surface area contributed by atoms with Gasteiger partial charge in [-0.25, -0.2) is 0 Å². The predicted octanol–water partition coefficient (Wildman–Crippen LogP) is 1.31.